The van der Waals surface area contributed by atoms with Gasteiger partial charge in [-0.15, -0.1) is 0 Å². The van der Waals surface area contributed by atoms with Gasteiger partial charge in [-0.05, 0) is 60.0 Å². The minimum atomic E-state index is -0.227. The number of hydrogen-bond donors (Lipinski definition) is 0. The molecule has 0 bridgehead atoms. The molecule has 0 radical (unpaired) electrons. The smallest absolute Gasteiger partial charge is 0.197 e. The van der Waals surface area contributed by atoms with Gasteiger partial charge in [0.05, 0.1) is 6.61 Å². The fourth-order valence-electron chi connectivity index (χ4n) is 5.34. The summed E-state index contributed by atoms with van der Waals surface area (Å²) in [5.74, 6) is 2.69. The summed E-state index contributed by atoms with van der Waals surface area (Å²) in [7, 11) is 0. The standard InChI is InChI=1S/C27H40O2/c1-19(2)26(27(4,5)6)24-16-10-15-23-22(24)14-11-17-25(23)29-20(3)28-18-21-12-8-7-9-13-21/h10-11,14-17,19-21,26H,7-9,12-13,18H2,1-6H3. The van der Waals surface area contributed by atoms with Crippen LogP contribution in [0.25, 0.3) is 10.8 Å². The average Bonchev–Trinajstić information content (AvgIpc) is 2.66. The molecule has 2 aromatic rings. The van der Waals surface area contributed by atoms with E-state index in [0.717, 1.165) is 12.4 Å². The van der Waals surface area contributed by atoms with E-state index in [2.05, 4.69) is 71.0 Å². The fourth-order valence-corrected chi connectivity index (χ4v) is 5.34. The molecule has 2 unspecified atom stereocenters. The Labute approximate surface area is 178 Å². The largest absolute Gasteiger partial charge is 0.465 e. The molecule has 1 saturated carbocycles. The Hall–Kier alpha value is -1.54. The molecular formula is C27H40O2. The molecule has 160 valence electrons. The van der Waals surface area contributed by atoms with Crippen molar-refractivity contribution in [3.05, 3.63) is 42.0 Å². The highest BCUT2D eigenvalue weighted by Crippen LogP contribution is 2.44. The maximum atomic E-state index is 6.28. The highest BCUT2D eigenvalue weighted by Gasteiger charge is 2.30. The summed E-state index contributed by atoms with van der Waals surface area (Å²) in [5, 5.41) is 2.49. The van der Waals surface area contributed by atoms with Crippen molar-refractivity contribution in [1.82, 2.24) is 0 Å². The third kappa shape index (κ3) is 5.54. The second-order valence-electron chi connectivity index (χ2n) is 10.3. The van der Waals surface area contributed by atoms with Crippen molar-refractivity contribution in [2.45, 2.75) is 85.9 Å². The van der Waals surface area contributed by atoms with Crippen LogP contribution in [0.4, 0.5) is 0 Å². The van der Waals surface area contributed by atoms with Crippen molar-refractivity contribution in [2.24, 2.45) is 17.3 Å². The lowest BCUT2D eigenvalue weighted by molar-refractivity contribution is -0.0813. The van der Waals surface area contributed by atoms with Gasteiger partial charge in [0.2, 0.25) is 0 Å². The van der Waals surface area contributed by atoms with E-state index in [1.54, 1.807) is 0 Å². The molecule has 0 saturated heterocycles. The van der Waals surface area contributed by atoms with Crippen LogP contribution in [0, 0.1) is 17.3 Å². The lowest BCUT2D eigenvalue weighted by atomic mass is 9.69. The van der Waals surface area contributed by atoms with E-state index in [-0.39, 0.29) is 11.7 Å². The zero-order valence-corrected chi connectivity index (χ0v) is 19.3. The second kappa shape index (κ2) is 9.51. The van der Waals surface area contributed by atoms with E-state index in [9.17, 15) is 0 Å². The van der Waals surface area contributed by atoms with Gasteiger partial charge in [0.1, 0.15) is 5.75 Å². The van der Waals surface area contributed by atoms with Crippen LogP contribution in [0.1, 0.15) is 85.1 Å². The Kier molecular flexibility index (Phi) is 7.27. The zero-order valence-electron chi connectivity index (χ0n) is 19.3. The molecule has 2 nitrogen and oxygen atoms in total. The van der Waals surface area contributed by atoms with E-state index in [1.807, 2.05) is 6.92 Å². The fraction of sp³-hybridized carbons (Fsp3) is 0.630. The Morgan fingerprint density at radius 1 is 0.897 bits per heavy atom. The molecule has 1 aliphatic carbocycles. The van der Waals surface area contributed by atoms with Gasteiger partial charge < -0.3 is 9.47 Å². The minimum absolute atomic E-state index is 0.204. The van der Waals surface area contributed by atoms with Crippen molar-refractivity contribution < 1.29 is 9.47 Å². The number of hydrogen-bond acceptors (Lipinski definition) is 2. The summed E-state index contributed by atoms with van der Waals surface area (Å²) in [4.78, 5) is 0. The molecule has 1 aliphatic rings. The molecule has 0 aliphatic heterocycles. The van der Waals surface area contributed by atoms with Crippen molar-refractivity contribution in [3.63, 3.8) is 0 Å². The van der Waals surface area contributed by atoms with Gasteiger partial charge in [-0.2, -0.15) is 0 Å². The van der Waals surface area contributed by atoms with Crippen LogP contribution in [0.5, 0.6) is 5.75 Å². The van der Waals surface area contributed by atoms with Gasteiger partial charge in [0.15, 0.2) is 6.29 Å². The highest BCUT2D eigenvalue weighted by atomic mass is 16.7. The predicted octanol–water partition coefficient (Wildman–Crippen LogP) is 7.95. The van der Waals surface area contributed by atoms with Crippen molar-refractivity contribution in [3.8, 4) is 5.75 Å². The number of fused-ring (bicyclic) bond motifs is 1. The van der Waals surface area contributed by atoms with Crippen LogP contribution in [0.3, 0.4) is 0 Å². The van der Waals surface area contributed by atoms with Crippen LogP contribution in [0.15, 0.2) is 36.4 Å². The Balaban J connectivity index is 1.81. The summed E-state index contributed by atoms with van der Waals surface area (Å²) in [5.41, 5.74) is 1.63. The SMILES string of the molecule is CC(OCC1CCCCC1)Oc1cccc2c(C(C(C)C)C(C)(C)C)cccc12. The van der Waals surface area contributed by atoms with E-state index in [4.69, 9.17) is 9.47 Å². The van der Waals surface area contributed by atoms with Crippen LogP contribution in [0.2, 0.25) is 0 Å². The van der Waals surface area contributed by atoms with Gasteiger partial charge in [-0.3, -0.25) is 0 Å². The summed E-state index contributed by atoms with van der Waals surface area (Å²) in [6, 6.07) is 13.1. The molecular weight excluding hydrogens is 356 g/mol. The van der Waals surface area contributed by atoms with Gasteiger partial charge in [0.25, 0.3) is 0 Å². The number of rotatable bonds is 7. The molecule has 0 N–H and O–H groups in total. The summed E-state index contributed by atoms with van der Waals surface area (Å²) in [6.07, 6.45) is 6.45. The highest BCUT2D eigenvalue weighted by molar-refractivity contribution is 5.91. The Morgan fingerprint density at radius 2 is 1.55 bits per heavy atom. The predicted molar refractivity (Wildman–Crippen MR) is 124 cm³/mol. The lowest BCUT2D eigenvalue weighted by Crippen LogP contribution is -2.24. The maximum absolute atomic E-state index is 6.28. The third-order valence-corrected chi connectivity index (χ3v) is 6.43. The van der Waals surface area contributed by atoms with E-state index in [0.29, 0.717) is 17.8 Å². The number of benzene rings is 2. The molecule has 0 amide bonds. The van der Waals surface area contributed by atoms with Gasteiger partial charge in [-0.1, -0.05) is 84.2 Å². The summed E-state index contributed by atoms with van der Waals surface area (Å²) < 4.78 is 12.4. The Bertz CT molecular complexity index is 781. The molecule has 0 aromatic heterocycles. The van der Waals surface area contributed by atoms with Crippen LogP contribution in [-0.2, 0) is 4.74 Å². The summed E-state index contributed by atoms with van der Waals surface area (Å²) in [6.45, 7) is 14.5. The van der Waals surface area contributed by atoms with Crippen LogP contribution >= 0.6 is 0 Å². The molecule has 29 heavy (non-hydrogen) atoms. The average molecular weight is 397 g/mol. The molecule has 2 heteroatoms. The van der Waals surface area contributed by atoms with Crippen molar-refractivity contribution >= 4 is 10.8 Å². The van der Waals surface area contributed by atoms with E-state index < -0.39 is 0 Å². The first-order valence-corrected chi connectivity index (χ1v) is 11.6. The monoisotopic (exact) mass is 396 g/mol. The van der Waals surface area contributed by atoms with Crippen LogP contribution < -0.4 is 4.74 Å². The molecule has 2 atom stereocenters. The molecule has 3 rings (SSSR count). The first-order valence-electron chi connectivity index (χ1n) is 11.6. The first kappa shape index (κ1) is 22.2. The lowest BCUT2D eigenvalue weighted by Gasteiger charge is -2.35. The van der Waals surface area contributed by atoms with E-state index >= 15 is 0 Å². The maximum Gasteiger partial charge on any atom is 0.197 e. The second-order valence-corrected chi connectivity index (χ2v) is 10.3. The first-order chi connectivity index (χ1) is 13.8. The van der Waals surface area contributed by atoms with Gasteiger partial charge >= 0.3 is 0 Å². The zero-order chi connectivity index (χ0) is 21.0. The quantitative estimate of drug-likeness (QED) is 0.442. The molecule has 0 spiro atoms. The Morgan fingerprint density at radius 3 is 2.21 bits per heavy atom. The van der Waals surface area contributed by atoms with E-state index in [1.165, 1.54) is 48.4 Å². The van der Waals surface area contributed by atoms with Gasteiger partial charge in [0, 0.05) is 5.39 Å². The number of ether oxygens (including phenoxy) is 2. The normalized spacial score (nSPS) is 18.2. The summed E-state index contributed by atoms with van der Waals surface area (Å²) >= 11 is 0. The molecule has 0 heterocycles. The van der Waals surface area contributed by atoms with Gasteiger partial charge in [-0.25, -0.2) is 0 Å². The molecule has 1 fully saturated rings. The third-order valence-electron chi connectivity index (χ3n) is 6.43. The van der Waals surface area contributed by atoms with Crippen molar-refractivity contribution in [1.29, 1.82) is 0 Å². The topological polar surface area (TPSA) is 18.5 Å². The minimum Gasteiger partial charge on any atom is -0.465 e. The van der Waals surface area contributed by atoms with Crippen molar-refractivity contribution in [2.75, 3.05) is 6.61 Å². The molecule has 2 aromatic carbocycles. The van der Waals surface area contributed by atoms with Crippen LogP contribution in [-0.4, -0.2) is 12.9 Å².